The number of hydrogen-bond acceptors (Lipinski definition) is 3. The number of nitrogens with one attached hydrogen (secondary N) is 2. The van der Waals surface area contributed by atoms with Gasteiger partial charge in [-0.3, -0.25) is 4.79 Å². The van der Waals surface area contributed by atoms with Gasteiger partial charge in [0.2, 0.25) is 5.91 Å². The van der Waals surface area contributed by atoms with E-state index in [1.807, 2.05) is 19.2 Å². The second-order valence-electron chi connectivity index (χ2n) is 5.17. The molecular formula is C15H22ClN3O. The monoisotopic (exact) mass is 295 g/mol. The van der Waals surface area contributed by atoms with Crippen LogP contribution in [0.15, 0.2) is 18.2 Å². The zero-order chi connectivity index (χ0) is 14.5. The summed E-state index contributed by atoms with van der Waals surface area (Å²) in [5.74, 6) is 0.196. The molecule has 0 aromatic heterocycles. The van der Waals surface area contributed by atoms with E-state index >= 15 is 0 Å². The fraction of sp³-hybridized carbons (Fsp3) is 0.533. The van der Waals surface area contributed by atoms with Crippen LogP contribution in [0.2, 0.25) is 5.02 Å². The Hall–Kier alpha value is -1.26. The van der Waals surface area contributed by atoms with Crippen LogP contribution in [0.4, 0.5) is 5.69 Å². The Labute approximate surface area is 125 Å². The largest absolute Gasteiger partial charge is 0.370 e. The number of benzene rings is 1. The number of halogens is 1. The van der Waals surface area contributed by atoms with Crippen molar-refractivity contribution in [1.29, 1.82) is 0 Å². The predicted octanol–water partition coefficient (Wildman–Crippen LogP) is 2.02. The van der Waals surface area contributed by atoms with Gasteiger partial charge in [-0.15, -0.1) is 0 Å². The van der Waals surface area contributed by atoms with Gasteiger partial charge >= 0.3 is 0 Å². The average molecular weight is 296 g/mol. The number of carbonyl (C=O) groups excluding carboxylic acids is 1. The van der Waals surface area contributed by atoms with E-state index in [9.17, 15) is 4.79 Å². The van der Waals surface area contributed by atoms with Gasteiger partial charge in [0.15, 0.2) is 0 Å². The summed E-state index contributed by atoms with van der Waals surface area (Å²) in [6, 6.07) is 5.98. The van der Waals surface area contributed by atoms with Gasteiger partial charge in [-0.2, -0.15) is 0 Å². The van der Waals surface area contributed by atoms with Crippen molar-refractivity contribution in [3.8, 4) is 0 Å². The fourth-order valence-electron chi connectivity index (χ4n) is 2.81. The maximum Gasteiger partial charge on any atom is 0.224 e. The quantitative estimate of drug-likeness (QED) is 0.893. The SMILES string of the molecule is CNCc1c(Cl)cccc1N1CCCC(C(=O)NC)C1. The van der Waals surface area contributed by atoms with Gasteiger partial charge in [-0.1, -0.05) is 17.7 Å². The van der Waals surface area contributed by atoms with Crippen molar-refractivity contribution in [1.82, 2.24) is 10.6 Å². The first-order chi connectivity index (χ1) is 9.67. The second-order valence-corrected chi connectivity index (χ2v) is 5.57. The number of amides is 1. The van der Waals surface area contributed by atoms with E-state index < -0.39 is 0 Å². The molecule has 1 saturated heterocycles. The van der Waals surface area contributed by atoms with Crippen LogP contribution < -0.4 is 15.5 Å². The third-order valence-electron chi connectivity index (χ3n) is 3.83. The Balaban J connectivity index is 2.22. The highest BCUT2D eigenvalue weighted by Crippen LogP contribution is 2.30. The first-order valence-corrected chi connectivity index (χ1v) is 7.43. The molecule has 1 amide bonds. The standard InChI is InChI=1S/C15H22ClN3O/c1-17-9-12-13(16)6-3-7-14(12)19-8-4-5-11(10-19)15(20)18-2/h3,6-7,11,17H,4-5,8-10H2,1-2H3,(H,18,20). The molecule has 20 heavy (non-hydrogen) atoms. The lowest BCUT2D eigenvalue weighted by molar-refractivity contribution is -0.124. The van der Waals surface area contributed by atoms with Crippen LogP contribution in [0.5, 0.6) is 0 Å². The highest BCUT2D eigenvalue weighted by Gasteiger charge is 2.26. The highest BCUT2D eigenvalue weighted by atomic mass is 35.5. The molecule has 2 N–H and O–H groups in total. The maximum atomic E-state index is 11.8. The van der Waals surface area contributed by atoms with Gasteiger partial charge in [0.25, 0.3) is 0 Å². The highest BCUT2D eigenvalue weighted by molar-refractivity contribution is 6.31. The van der Waals surface area contributed by atoms with Crippen molar-refractivity contribution in [2.24, 2.45) is 5.92 Å². The first kappa shape index (κ1) is 15.1. The van der Waals surface area contributed by atoms with Gasteiger partial charge in [0.1, 0.15) is 0 Å². The van der Waals surface area contributed by atoms with Gasteiger partial charge in [-0.05, 0) is 32.0 Å². The Morgan fingerprint density at radius 2 is 2.25 bits per heavy atom. The molecule has 0 radical (unpaired) electrons. The summed E-state index contributed by atoms with van der Waals surface area (Å²) < 4.78 is 0. The normalized spacial score (nSPS) is 18.9. The van der Waals surface area contributed by atoms with Crippen LogP contribution in [0.25, 0.3) is 0 Å². The minimum atomic E-state index is 0.0650. The maximum absolute atomic E-state index is 11.8. The molecule has 1 heterocycles. The van der Waals surface area contributed by atoms with Crippen molar-refractivity contribution >= 4 is 23.2 Å². The lowest BCUT2D eigenvalue weighted by Gasteiger charge is -2.35. The molecule has 5 heteroatoms. The number of hydrogen-bond donors (Lipinski definition) is 2. The molecule has 1 aromatic rings. The predicted molar refractivity (Wildman–Crippen MR) is 83.2 cm³/mol. The molecule has 0 spiro atoms. The fourth-order valence-corrected chi connectivity index (χ4v) is 3.05. The lowest BCUT2D eigenvalue weighted by Crippen LogP contribution is -2.42. The number of carbonyl (C=O) groups is 1. The Morgan fingerprint density at radius 3 is 2.95 bits per heavy atom. The molecule has 110 valence electrons. The molecule has 1 aliphatic heterocycles. The van der Waals surface area contributed by atoms with Crippen LogP contribution in [-0.2, 0) is 11.3 Å². The molecule has 1 atom stereocenters. The van der Waals surface area contributed by atoms with E-state index in [0.29, 0.717) is 0 Å². The number of anilines is 1. The average Bonchev–Trinajstić information content (AvgIpc) is 2.49. The van der Waals surface area contributed by atoms with Gasteiger partial charge in [0.05, 0.1) is 5.92 Å². The van der Waals surface area contributed by atoms with Crippen LogP contribution in [0, 0.1) is 5.92 Å². The van der Waals surface area contributed by atoms with Gasteiger partial charge in [0, 0.05) is 43.0 Å². The Morgan fingerprint density at radius 1 is 1.45 bits per heavy atom. The molecule has 0 saturated carbocycles. The van der Waals surface area contributed by atoms with Gasteiger partial charge < -0.3 is 15.5 Å². The zero-order valence-electron chi connectivity index (χ0n) is 12.1. The van der Waals surface area contributed by atoms with E-state index in [-0.39, 0.29) is 11.8 Å². The molecule has 1 unspecified atom stereocenters. The van der Waals surface area contributed by atoms with E-state index in [2.05, 4.69) is 21.6 Å². The van der Waals surface area contributed by atoms with E-state index in [1.165, 1.54) is 0 Å². The summed E-state index contributed by atoms with van der Waals surface area (Å²) in [5, 5.41) is 6.69. The molecule has 0 aliphatic carbocycles. The van der Waals surface area contributed by atoms with Crippen LogP contribution in [-0.4, -0.2) is 33.1 Å². The number of nitrogens with zero attached hydrogens (tertiary/aromatic N) is 1. The van der Waals surface area contributed by atoms with Gasteiger partial charge in [-0.25, -0.2) is 0 Å². The summed E-state index contributed by atoms with van der Waals surface area (Å²) in [7, 11) is 3.61. The summed E-state index contributed by atoms with van der Waals surface area (Å²) in [4.78, 5) is 14.1. The molecule has 0 bridgehead atoms. The molecule has 1 aliphatic rings. The molecular weight excluding hydrogens is 274 g/mol. The van der Waals surface area contributed by atoms with Crippen LogP contribution >= 0.6 is 11.6 Å². The van der Waals surface area contributed by atoms with Crippen molar-refractivity contribution in [3.63, 3.8) is 0 Å². The summed E-state index contributed by atoms with van der Waals surface area (Å²) in [6.45, 7) is 2.47. The summed E-state index contributed by atoms with van der Waals surface area (Å²) >= 11 is 6.31. The number of piperidine rings is 1. The zero-order valence-corrected chi connectivity index (χ0v) is 12.8. The van der Waals surface area contributed by atoms with Crippen molar-refractivity contribution in [2.75, 3.05) is 32.1 Å². The van der Waals surface area contributed by atoms with Crippen molar-refractivity contribution < 1.29 is 4.79 Å². The van der Waals surface area contributed by atoms with Crippen LogP contribution in [0.1, 0.15) is 18.4 Å². The van der Waals surface area contributed by atoms with Crippen molar-refractivity contribution in [3.05, 3.63) is 28.8 Å². The minimum Gasteiger partial charge on any atom is -0.370 e. The molecule has 1 fully saturated rings. The number of rotatable bonds is 4. The Kier molecular flexibility index (Phi) is 5.26. The molecule has 2 rings (SSSR count). The molecule has 4 nitrogen and oxygen atoms in total. The third-order valence-corrected chi connectivity index (χ3v) is 4.18. The third kappa shape index (κ3) is 3.25. The summed E-state index contributed by atoms with van der Waals surface area (Å²) in [6.07, 6.45) is 1.99. The second kappa shape index (κ2) is 6.95. The minimum absolute atomic E-state index is 0.0650. The smallest absolute Gasteiger partial charge is 0.224 e. The lowest BCUT2D eigenvalue weighted by atomic mass is 9.96. The van der Waals surface area contributed by atoms with E-state index in [1.54, 1.807) is 7.05 Å². The van der Waals surface area contributed by atoms with E-state index in [0.717, 1.165) is 48.7 Å². The van der Waals surface area contributed by atoms with Crippen LogP contribution in [0.3, 0.4) is 0 Å². The topological polar surface area (TPSA) is 44.4 Å². The Bertz CT molecular complexity index is 478. The van der Waals surface area contributed by atoms with Crippen molar-refractivity contribution in [2.45, 2.75) is 19.4 Å². The summed E-state index contributed by atoms with van der Waals surface area (Å²) in [5.41, 5.74) is 2.25. The molecule has 1 aromatic carbocycles. The first-order valence-electron chi connectivity index (χ1n) is 7.06. The van der Waals surface area contributed by atoms with E-state index in [4.69, 9.17) is 11.6 Å².